The van der Waals surface area contributed by atoms with E-state index in [1.807, 2.05) is 0 Å². The van der Waals surface area contributed by atoms with Gasteiger partial charge in [-0.15, -0.1) is 0 Å². The second-order valence-electron chi connectivity index (χ2n) is 8.32. The van der Waals surface area contributed by atoms with Crippen LogP contribution >= 0.6 is 0 Å². The number of ether oxygens (including phenoxy) is 1. The molecule has 4 saturated carbocycles. The van der Waals surface area contributed by atoms with E-state index >= 15 is 0 Å². The minimum atomic E-state index is -0.163. The maximum atomic E-state index is 12.7. The molecular formula is C18H28N2O3. The van der Waals surface area contributed by atoms with Gasteiger partial charge in [-0.05, 0) is 69.1 Å². The van der Waals surface area contributed by atoms with Gasteiger partial charge in [-0.25, -0.2) is 0 Å². The molecule has 0 aromatic carbocycles. The van der Waals surface area contributed by atoms with Gasteiger partial charge in [0.1, 0.15) is 0 Å². The Hall–Kier alpha value is -1.10. The van der Waals surface area contributed by atoms with E-state index in [1.54, 1.807) is 0 Å². The van der Waals surface area contributed by atoms with Gasteiger partial charge in [0.2, 0.25) is 11.8 Å². The zero-order chi connectivity index (χ0) is 15.9. The Bertz CT molecular complexity index is 449. The third-order valence-corrected chi connectivity index (χ3v) is 6.48. The molecule has 0 aromatic rings. The topological polar surface area (TPSA) is 67.4 Å². The van der Waals surface area contributed by atoms with Gasteiger partial charge in [0.15, 0.2) is 0 Å². The zero-order valence-corrected chi connectivity index (χ0v) is 13.8. The van der Waals surface area contributed by atoms with E-state index < -0.39 is 0 Å². The summed E-state index contributed by atoms with van der Waals surface area (Å²) in [7, 11) is 0. The molecule has 0 spiro atoms. The zero-order valence-electron chi connectivity index (χ0n) is 13.8. The smallest absolute Gasteiger partial charge is 0.239 e. The Labute approximate surface area is 137 Å². The van der Waals surface area contributed by atoms with Crippen LogP contribution in [0.25, 0.3) is 0 Å². The molecule has 0 aromatic heterocycles. The number of carbonyl (C=O) groups is 2. The number of carbonyl (C=O) groups excluding carboxylic acids is 2. The molecule has 1 heterocycles. The van der Waals surface area contributed by atoms with Gasteiger partial charge in [-0.2, -0.15) is 0 Å². The Morgan fingerprint density at radius 3 is 2.22 bits per heavy atom. The van der Waals surface area contributed by atoms with Gasteiger partial charge in [0, 0.05) is 18.6 Å². The van der Waals surface area contributed by atoms with E-state index in [9.17, 15) is 9.59 Å². The summed E-state index contributed by atoms with van der Waals surface area (Å²) in [6.45, 7) is 1.46. The van der Waals surface area contributed by atoms with Crippen molar-refractivity contribution < 1.29 is 14.3 Å². The lowest BCUT2D eigenvalue weighted by molar-refractivity contribution is -0.147. The molecule has 0 radical (unpaired) electrons. The van der Waals surface area contributed by atoms with Crippen LogP contribution in [0.2, 0.25) is 0 Å². The highest BCUT2D eigenvalue weighted by Crippen LogP contribution is 2.60. The number of hydrogen-bond donors (Lipinski definition) is 2. The molecule has 5 fully saturated rings. The molecule has 4 bridgehead atoms. The summed E-state index contributed by atoms with van der Waals surface area (Å²) in [5.74, 6) is 2.28. The first-order valence-electron chi connectivity index (χ1n) is 9.29. The second kappa shape index (κ2) is 6.08. The monoisotopic (exact) mass is 320 g/mol. The van der Waals surface area contributed by atoms with Crippen LogP contribution in [-0.2, 0) is 14.3 Å². The standard InChI is InChI=1S/C18H28N2O3/c21-16(19-10-15-2-1-3-23-15)11-20-17(22)18-7-12-4-13(8-18)6-14(5-12)9-18/h12-15H,1-11H2,(H,19,21)(H,20,22)/t12?,13?,14?,15-,18?/m0/s1. The predicted octanol–water partition coefficient (Wildman–Crippen LogP) is 1.61. The highest BCUT2D eigenvalue weighted by Gasteiger charge is 2.54. The average molecular weight is 320 g/mol. The summed E-state index contributed by atoms with van der Waals surface area (Å²) in [5.41, 5.74) is -0.163. The van der Waals surface area contributed by atoms with Crippen LogP contribution in [0.5, 0.6) is 0 Å². The van der Waals surface area contributed by atoms with Crippen molar-refractivity contribution in [1.29, 1.82) is 0 Å². The molecule has 2 N–H and O–H groups in total. The molecule has 5 aliphatic rings. The summed E-state index contributed by atoms with van der Waals surface area (Å²) in [6, 6.07) is 0. The second-order valence-corrected chi connectivity index (χ2v) is 8.32. The van der Waals surface area contributed by atoms with E-state index in [2.05, 4.69) is 10.6 Å². The highest BCUT2D eigenvalue weighted by molar-refractivity contribution is 5.88. The Morgan fingerprint density at radius 1 is 1.00 bits per heavy atom. The van der Waals surface area contributed by atoms with Crippen molar-refractivity contribution >= 4 is 11.8 Å². The third-order valence-electron chi connectivity index (χ3n) is 6.48. The summed E-state index contributed by atoms with van der Waals surface area (Å²) in [5, 5.41) is 5.80. The first kappa shape index (κ1) is 15.4. The lowest BCUT2D eigenvalue weighted by Crippen LogP contribution is -2.54. The van der Waals surface area contributed by atoms with Gasteiger partial charge in [-0.3, -0.25) is 9.59 Å². The number of nitrogens with one attached hydrogen (secondary N) is 2. The van der Waals surface area contributed by atoms with Crippen LogP contribution in [0.3, 0.4) is 0 Å². The van der Waals surface area contributed by atoms with Crippen LogP contribution in [0.1, 0.15) is 51.4 Å². The van der Waals surface area contributed by atoms with Crippen LogP contribution in [-0.4, -0.2) is 37.6 Å². The van der Waals surface area contributed by atoms with Crippen molar-refractivity contribution in [3.63, 3.8) is 0 Å². The largest absolute Gasteiger partial charge is 0.376 e. The fourth-order valence-corrected chi connectivity index (χ4v) is 5.83. The molecule has 5 rings (SSSR count). The Morgan fingerprint density at radius 2 is 1.65 bits per heavy atom. The molecule has 23 heavy (non-hydrogen) atoms. The first-order chi connectivity index (χ1) is 11.1. The molecule has 2 amide bonds. The number of hydrogen-bond acceptors (Lipinski definition) is 3. The van der Waals surface area contributed by atoms with Crippen molar-refractivity contribution in [3.05, 3.63) is 0 Å². The quantitative estimate of drug-likeness (QED) is 0.809. The van der Waals surface area contributed by atoms with Gasteiger partial charge >= 0.3 is 0 Å². The minimum absolute atomic E-state index is 0.0985. The van der Waals surface area contributed by atoms with E-state index in [1.165, 1.54) is 19.3 Å². The van der Waals surface area contributed by atoms with Crippen LogP contribution in [0.4, 0.5) is 0 Å². The van der Waals surface area contributed by atoms with Gasteiger partial charge < -0.3 is 15.4 Å². The van der Waals surface area contributed by atoms with Crippen LogP contribution in [0.15, 0.2) is 0 Å². The van der Waals surface area contributed by atoms with Crippen molar-refractivity contribution in [1.82, 2.24) is 10.6 Å². The molecule has 5 heteroatoms. The average Bonchev–Trinajstić information content (AvgIpc) is 3.02. The van der Waals surface area contributed by atoms with Gasteiger partial charge in [0.25, 0.3) is 0 Å². The minimum Gasteiger partial charge on any atom is -0.376 e. The van der Waals surface area contributed by atoms with Crippen LogP contribution < -0.4 is 10.6 Å². The van der Waals surface area contributed by atoms with E-state index in [0.29, 0.717) is 6.54 Å². The molecule has 5 nitrogen and oxygen atoms in total. The first-order valence-corrected chi connectivity index (χ1v) is 9.29. The summed E-state index contributed by atoms with van der Waals surface area (Å²) in [6.07, 6.45) is 9.35. The van der Waals surface area contributed by atoms with E-state index in [0.717, 1.165) is 56.5 Å². The van der Waals surface area contributed by atoms with Gasteiger partial charge in [-0.1, -0.05) is 0 Å². The number of rotatable bonds is 5. The molecule has 4 aliphatic carbocycles. The van der Waals surface area contributed by atoms with E-state index in [4.69, 9.17) is 4.74 Å². The summed E-state index contributed by atoms with van der Waals surface area (Å²) in [4.78, 5) is 24.7. The third kappa shape index (κ3) is 3.12. The highest BCUT2D eigenvalue weighted by atomic mass is 16.5. The van der Waals surface area contributed by atoms with Crippen molar-refractivity contribution in [2.75, 3.05) is 19.7 Å². The van der Waals surface area contributed by atoms with Crippen molar-refractivity contribution in [3.8, 4) is 0 Å². The fourth-order valence-electron chi connectivity index (χ4n) is 5.83. The number of amides is 2. The molecule has 128 valence electrons. The maximum absolute atomic E-state index is 12.7. The molecule has 0 unspecified atom stereocenters. The molecule has 1 atom stereocenters. The van der Waals surface area contributed by atoms with Gasteiger partial charge in [0.05, 0.1) is 12.6 Å². The van der Waals surface area contributed by atoms with Crippen molar-refractivity contribution in [2.45, 2.75) is 57.5 Å². The lowest BCUT2D eigenvalue weighted by Gasteiger charge is -2.55. The molecule has 1 saturated heterocycles. The molecular weight excluding hydrogens is 292 g/mol. The van der Waals surface area contributed by atoms with Crippen molar-refractivity contribution in [2.24, 2.45) is 23.2 Å². The summed E-state index contributed by atoms with van der Waals surface area (Å²) < 4.78 is 5.49. The normalized spacial score (nSPS) is 41.0. The Balaban J connectivity index is 1.26. The Kier molecular flexibility index (Phi) is 4.08. The SMILES string of the molecule is O=C(CNC(=O)C12CC3CC(CC(C3)C1)C2)NC[C@@H]1CCCO1. The fraction of sp³-hybridized carbons (Fsp3) is 0.889. The maximum Gasteiger partial charge on any atom is 0.239 e. The molecule has 1 aliphatic heterocycles. The lowest BCUT2D eigenvalue weighted by atomic mass is 9.49. The van der Waals surface area contributed by atoms with Crippen LogP contribution in [0, 0.1) is 23.2 Å². The van der Waals surface area contributed by atoms with E-state index in [-0.39, 0.29) is 29.9 Å². The summed E-state index contributed by atoms with van der Waals surface area (Å²) >= 11 is 0. The predicted molar refractivity (Wildman–Crippen MR) is 85.6 cm³/mol.